The number of hydrogen-bond donors (Lipinski definition) is 1. The molecule has 0 unspecified atom stereocenters. The number of aldehydes is 1. The summed E-state index contributed by atoms with van der Waals surface area (Å²) in [6, 6.07) is 0. The first-order valence-corrected chi connectivity index (χ1v) is 5.23. The number of carbonyl (C=O) groups excluding carboxylic acids is 1. The third-order valence-corrected chi connectivity index (χ3v) is 1.97. The van der Waals surface area contributed by atoms with Gasteiger partial charge in [0, 0.05) is 12.0 Å². The van der Waals surface area contributed by atoms with E-state index in [2.05, 4.69) is 19.2 Å². The summed E-state index contributed by atoms with van der Waals surface area (Å²) in [5.41, 5.74) is -0.252. The number of hydrogen-bond acceptors (Lipinski definition) is 3. The Labute approximate surface area is 87.2 Å². The predicted octanol–water partition coefficient (Wildman–Crippen LogP) is 1.82. The van der Waals surface area contributed by atoms with E-state index in [1.807, 2.05) is 13.8 Å². The zero-order chi connectivity index (χ0) is 11.0. The Kier molecular flexibility index (Phi) is 6.75. The lowest BCUT2D eigenvalue weighted by Gasteiger charge is -2.16. The van der Waals surface area contributed by atoms with E-state index >= 15 is 0 Å². The molecule has 84 valence electrons. The van der Waals surface area contributed by atoms with Gasteiger partial charge in [-0.3, -0.25) is 5.32 Å². The number of carbonyl (C=O) groups is 1. The van der Waals surface area contributed by atoms with Crippen LogP contribution in [-0.4, -0.2) is 26.2 Å². The van der Waals surface area contributed by atoms with Crippen molar-refractivity contribution < 1.29 is 9.53 Å². The molecule has 14 heavy (non-hydrogen) atoms. The summed E-state index contributed by atoms with van der Waals surface area (Å²) in [7, 11) is 0. The van der Waals surface area contributed by atoms with Gasteiger partial charge in [-0.2, -0.15) is 0 Å². The lowest BCUT2D eigenvalue weighted by molar-refractivity contribution is -0.115. The maximum absolute atomic E-state index is 10.6. The Balaban J connectivity index is 3.26. The molecule has 0 aliphatic rings. The first kappa shape index (κ1) is 13.6. The van der Waals surface area contributed by atoms with Crippen molar-refractivity contribution >= 4 is 6.29 Å². The fourth-order valence-electron chi connectivity index (χ4n) is 0.886. The van der Waals surface area contributed by atoms with Crippen LogP contribution in [0.15, 0.2) is 0 Å². The highest BCUT2D eigenvalue weighted by molar-refractivity contribution is 5.57. The predicted molar refractivity (Wildman–Crippen MR) is 58.1 cm³/mol. The first-order valence-electron chi connectivity index (χ1n) is 5.23. The van der Waals surface area contributed by atoms with E-state index in [0.717, 1.165) is 19.3 Å². The molecule has 0 aliphatic carbocycles. The summed E-state index contributed by atoms with van der Waals surface area (Å²) < 4.78 is 5.35. The third-order valence-electron chi connectivity index (χ3n) is 1.97. The normalized spacial score (nSPS) is 12.1. The van der Waals surface area contributed by atoms with Gasteiger partial charge in [0.2, 0.25) is 0 Å². The van der Waals surface area contributed by atoms with Crippen molar-refractivity contribution in [1.82, 2.24) is 5.32 Å². The first-order chi connectivity index (χ1) is 6.48. The van der Waals surface area contributed by atoms with Crippen molar-refractivity contribution in [2.75, 3.05) is 19.9 Å². The fourth-order valence-corrected chi connectivity index (χ4v) is 0.886. The van der Waals surface area contributed by atoms with Crippen molar-refractivity contribution in [2.24, 2.45) is 11.3 Å². The molecule has 0 atom stereocenters. The quantitative estimate of drug-likeness (QED) is 0.370. The van der Waals surface area contributed by atoms with E-state index < -0.39 is 0 Å². The molecular formula is C11H23NO2. The summed E-state index contributed by atoms with van der Waals surface area (Å²) in [5, 5.41) is 3.18. The highest BCUT2D eigenvalue weighted by atomic mass is 16.5. The molecule has 0 saturated carbocycles. The second-order valence-corrected chi connectivity index (χ2v) is 4.76. The molecule has 0 bridgehead atoms. The molecule has 0 radical (unpaired) electrons. The van der Waals surface area contributed by atoms with Gasteiger partial charge in [0.05, 0.1) is 6.73 Å². The molecular weight excluding hydrogens is 178 g/mol. The van der Waals surface area contributed by atoms with Gasteiger partial charge in [-0.25, -0.2) is 0 Å². The van der Waals surface area contributed by atoms with E-state index in [0.29, 0.717) is 19.3 Å². The van der Waals surface area contributed by atoms with Crippen LogP contribution < -0.4 is 5.32 Å². The standard InChI is InChI=1S/C11H23NO2/c1-10(2)7-12-9-14-6-5-11(3,4)8-13/h8,10,12H,5-7,9H2,1-4H3. The Morgan fingerprint density at radius 3 is 2.57 bits per heavy atom. The van der Waals surface area contributed by atoms with Gasteiger partial charge in [0.15, 0.2) is 0 Å². The Morgan fingerprint density at radius 2 is 2.07 bits per heavy atom. The lowest BCUT2D eigenvalue weighted by atomic mass is 9.92. The van der Waals surface area contributed by atoms with E-state index in [1.54, 1.807) is 0 Å². The van der Waals surface area contributed by atoms with Gasteiger partial charge in [0.25, 0.3) is 0 Å². The van der Waals surface area contributed by atoms with Crippen LogP contribution in [0.2, 0.25) is 0 Å². The molecule has 1 N–H and O–H groups in total. The molecule has 0 fully saturated rings. The lowest BCUT2D eigenvalue weighted by Crippen LogP contribution is -2.24. The van der Waals surface area contributed by atoms with Gasteiger partial charge in [-0.05, 0) is 18.9 Å². The van der Waals surface area contributed by atoms with Crippen molar-refractivity contribution in [1.29, 1.82) is 0 Å². The molecule has 0 aromatic carbocycles. The van der Waals surface area contributed by atoms with Crippen molar-refractivity contribution in [3.63, 3.8) is 0 Å². The van der Waals surface area contributed by atoms with Gasteiger partial charge in [0.1, 0.15) is 6.29 Å². The zero-order valence-electron chi connectivity index (χ0n) is 9.80. The van der Waals surface area contributed by atoms with Gasteiger partial charge in [-0.15, -0.1) is 0 Å². The van der Waals surface area contributed by atoms with Crippen molar-refractivity contribution in [3.8, 4) is 0 Å². The van der Waals surface area contributed by atoms with Crippen LogP contribution in [-0.2, 0) is 9.53 Å². The maximum Gasteiger partial charge on any atom is 0.125 e. The molecule has 3 nitrogen and oxygen atoms in total. The summed E-state index contributed by atoms with van der Waals surface area (Å²) in [5.74, 6) is 0.644. The second-order valence-electron chi connectivity index (χ2n) is 4.76. The smallest absolute Gasteiger partial charge is 0.125 e. The van der Waals surface area contributed by atoms with E-state index in [1.165, 1.54) is 0 Å². The van der Waals surface area contributed by atoms with Crippen LogP contribution >= 0.6 is 0 Å². The summed E-state index contributed by atoms with van der Waals surface area (Å²) in [6.07, 6.45) is 1.76. The van der Waals surface area contributed by atoms with Crippen molar-refractivity contribution in [3.05, 3.63) is 0 Å². The highest BCUT2D eigenvalue weighted by Crippen LogP contribution is 2.15. The Morgan fingerprint density at radius 1 is 1.43 bits per heavy atom. The fraction of sp³-hybridized carbons (Fsp3) is 0.909. The minimum absolute atomic E-state index is 0.252. The summed E-state index contributed by atoms with van der Waals surface area (Å²) in [4.78, 5) is 10.6. The molecule has 0 aromatic heterocycles. The maximum atomic E-state index is 10.6. The molecule has 0 aliphatic heterocycles. The van der Waals surface area contributed by atoms with E-state index in [4.69, 9.17) is 4.74 Å². The van der Waals surface area contributed by atoms with Crippen molar-refractivity contribution in [2.45, 2.75) is 34.1 Å². The molecule has 0 heterocycles. The Bertz CT molecular complexity index is 155. The van der Waals surface area contributed by atoms with Crippen LogP contribution in [0.3, 0.4) is 0 Å². The third kappa shape index (κ3) is 8.20. The van der Waals surface area contributed by atoms with Crippen LogP contribution in [0.4, 0.5) is 0 Å². The number of nitrogens with one attached hydrogen (secondary N) is 1. The molecule has 0 saturated heterocycles. The van der Waals surface area contributed by atoms with E-state index in [9.17, 15) is 4.79 Å². The van der Waals surface area contributed by atoms with Crippen LogP contribution in [0.5, 0.6) is 0 Å². The Hall–Kier alpha value is -0.410. The van der Waals surface area contributed by atoms with Gasteiger partial charge < -0.3 is 9.53 Å². The average molecular weight is 201 g/mol. The monoisotopic (exact) mass is 201 g/mol. The summed E-state index contributed by atoms with van der Waals surface area (Å²) in [6.45, 7) is 10.3. The molecule has 0 aromatic rings. The molecule has 3 heteroatoms. The van der Waals surface area contributed by atoms with Crippen LogP contribution in [0.1, 0.15) is 34.1 Å². The summed E-state index contributed by atoms with van der Waals surface area (Å²) >= 11 is 0. The van der Waals surface area contributed by atoms with Crippen LogP contribution in [0.25, 0.3) is 0 Å². The van der Waals surface area contributed by atoms with E-state index in [-0.39, 0.29) is 5.41 Å². The second kappa shape index (κ2) is 6.96. The van der Waals surface area contributed by atoms with Gasteiger partial charge >= 0.3 is 0 Å². The zero-order valence-corrected chi connectivity index (χ0v) is 9.80. The highest BCUT2D eigenvalue weighted by Gasteiger charge is 2.15. The topological polar surface area (TPSA) is 38.3 Å². The molecule has 0 spiro atoms. The number of rotatable bonds is 8. The van der Waals surface area contributed by atoms with Gasteiger partial charge in [-0.1, -0.05) is 27.7 Å². The van der Waals surface area contributed by atoms with Crippen LogP contribution in [0, 0.1) is 11.3 Å². The molecule has 0 rings (SSSR count). The largest absolute Gasteiger partial charge is 0.366 e. The number of ether oxygens (including phenoxy) is 1. The molecule has 0 amide bonds. The SMILES string of the molecule is CC(C)CNCOCCC(C)(C)C=O. The average Bonchev–Trinajstić information content (AvgIpc) is 2.10. The minimum atomic E-state index is -0.252. The minimum Gasteiger partial charge on any atom is -0.366 e.